The topological polar surface area (TPSA) is 69.7 Å². The van der Waals surface area contributed by atoms with Gasteiger partial charge < -0.3 is 15.1 Å². The van der Waals surface area contributed by atoms with Gasteiger partial charge in [-0.3, -0.25) is 14.4 Å². The molecule has 2 aromatic carbocycles. The van der Waals surface area contributed by atoms with Crippen molar-refractivity contribution in [1.29, 1.82) is 0 Å². The fourth-order valence-electron chi connectivity index (χ4n) is 3.53. The predicted octanol–water partition coefficient (Wildman–Crippen LogP) is 2.70. The SMILES string of the molecule is CN(C)C(=O)c1cccc(CNC(=O)C2CCN(C(=O)c3ccc(F)cc3)CC2)c1. The first kappa shape index (κ1) is 21.5. The summed E-state index contributed by atoms with van der Waals surface area (Å²) in [5.74, 6) is -0.807. The summed E-state index contributed by atoms with van der Waals surface area (Å²) in [4.78, 5) is 40.3. The number of hydrogen-bond acceptors (Lipinski definition) is 3. The van der Waals surface area contributed by atoms with E-state index in [1.807, 2.05) is 6.07 Å². The first-order chi connectivity index (χ1) is 14.3. The van der Waals surface area contributed by atoms with Crippen LogP contribution in [-0.4, -0.2) is 54.7 Å². The molecule has 0 bridgehead atoms. The van der Waals surface area contributed by atoms with Crippen molar-refractivity contribution in [3.63, 3.8) is 0 Å². The minimum absolute atomic E-state index is 0.0479. The Kier molecular flexibility index (Phi) is 6.82. The van der Waals surface area contributed by atoms with Crippen LogP contribution in [-0.2, 0) is 11.3 Å². The summed E-state index contributed by atoms with van der Waals surface area (Å²) in [5, 5.41) is 2.94. The van der Waals surface area contributed by atoms with Gasteiger partial charge in [0.05, 0.1) is 0 Å². The molecule has 0 radical (unpaired) electrons. The molecule has 0 saturated carbocycles. The molecule has 1 heterocycles. The normalized spacial score (nSPS) is 14.3. The van der Waals surface area contributed by atoms with Gasteiger partial charge in [-0.1, -0.05) is 12.1 Å². The number of amides is 3. The Labute approximate surface area is 175 Å². The first-order valence-corrected chi connectivity index (χ1v) is 9.98. The minimum Gasteiger partial charge on any atom is -0.352 e. The Morgan fingerprint density at radius 1 is 1.03 bits per heavy atom. The largest absolute Gasteiger partial charge is 0.352 e. The van der Waals surface area contributed by atoms with Crippen molar-refractivity contribution in [3.05, 3.63) is 71.0 Å². The van der Waals surface area contributed by atoms with Crippen LogP contribution in [0.25, 0.3) is 0 Å². The third-order valence-corrected chi connectivity index (χ3v) is 5.29. The molecule has 1 aliphatic heterocycles. The van der Waals surface area contributed by atoms with E-state index < -0.39 is 0 Å². The van der Waals surface area contributed by atoms with Crippen molar-refractivity contribution in [2.75, 3.05) is 27.2 Å². The summed E-state index contributed by atoms with van der Waals surface area (Å²) < 4.78 is 13.0. The van der Waals surface area contributed by atoms with E-state index in [0.717, 1.165) is 5.56 Å². The molecule has 0 spiro atoms. The third kappa shape index (κ3) is 5.23. The lowest BCUT2D eigenvalue weighted by Gasteiger charge is -2.31. The molecule has 30 heavy (non-hydrogen) atoms. The van der Waals surface area contributed by atoms with E-state index >= 15 is 0 Å². The standard InChI is InChI=1S/C23H26FN3O3/c1-26(2)22(29)19-5-3-4-16(14-19)15-25-21(28)17-10-12-27(13-11-17)23(30)18-6-8-20(24)9-7-18/h3-9,14,17H,10-13,15H2,1-2H3,(H,25,28). The molecular formula is C23H26FN3O3. The van der Waals surface area contributed by atoms with E-state index in [1.54, 1.807) is 37.2 Å². The van der Waals surface area contributed by atoms with E-state index in [1.165, 1.54) is 29.2 Å². The molecule has 3 amide bonds. The van der Waals surface area contributed by atoms with Crippen LogP contribution in [0, 0.1) is 11.7 Å². The van der Waals surface area contributed by atoms with Crippen LogP contribution in [0.5, 0.6) is 0 Å². The third-order valence-electron chi connectivity index (χ3n) is 5.29. The Morgan fingerprint density at radius 2 is 1.70 bits per heavy atom. The van der Waals surface area contributed by atoms with Crippen LogP contribution in [0.1, 0.15) is 39.1 Å². The summed E-state index contributed by atoms with van der Waals surface area (Å²) in [6.45, 7) is 1.32. The minimum atomic E-state index is -0.376. The zero-order valence-electron chi connectivity index (χ0n) is 17.2. The molecule has 0 atom stereocenters. The van der Waals surface area contributed by atoms with Gasteiger partial charge in [-0.25, -0.2) is 4.39 Å². The summed E-state index contributed by atoms with van der Waals surface area (Å²) >= 11 is 0. The van der Waals surface area contributed by atoms with Crippen LogP contribution in [0.2, 0.25) is 0 Å². The number of carbonyl (C=O) groups is 3. The van der Waals surface area contributed by atoms with Gasteiger partial charge in [-0.05, 0) is 54.8 Å². The Balaban J connectivity index is 1.50. The first-order valence-electron chi connectivity index (χ1n) is 9.98. The molecule has 6 nitrogen and oxygen atoms in total. The Bertz CT molecular complexity index is 920. The number of nitrogens with zero attached hydrogens (tertiary/aromatic N) is 2. The molecule has 0 unspecified atom stereocenters. The molecule has 1 fully saturated rings. The number of hydrogen-bond donors (Lipinski definition) is 1. The fraction of sp³-hybridized carbons (Fsp3) is 0.348. The molecule has 1 saturated heterocycles. The van der Waals surface area contributed by atoms with Gasteiger partial charge in [-0.15, -0.1) is 0 Å². The zero-order chi connectivity index (χ0) is 21.7. The highest BCUT2D eigenvalue weighted by molar-refractivity contribution is 5.94. The van der Waals surface area contributed by atoms with E-state index in [0.29, 0.717) is 43.6 Å². The average Bonchev–Trinajstić information content (AvgIpc) is 2.77. The van der Waals surface area contributed by atoms with Crippen LogP contribution in [0.4, 0.5) is 4.39 Å². The number of likely N-dealkylation sites (tertiary alicyclic amines) is 1. The summed E-state index contributed by atoms with van der Waals surface area (Å²) in [6, 6.07) is 12.7. The molecule has 0 aromatic heterocycles. The van der Waals surface area contributed by atoms with Gasteiger partial charge in [0.25, 0.3) is 11.8 Å². The summed E-state index contributed by atoms with van der Waals surface area (Å²) in [6.07, 6.45) is 1.16. The number of piperidine rings is 1. The van der Waals surface area contributed by atoms with Gasteiger partial charge in [0.1, 0.15) is 5.82 Å². The maximum absolute atomic E-state index is 13.0. The number of benzene rings is 2. The van der Waals surface area contributed by atoms with Crippen molar-refractivity contribution in [3.8, 4) is 0 Å². The number of halogens is 1. The molecule has 1 aliphatic rings. The molecule has 2 aromatic rings. The highest BCUT2D eigenvalue weighted by Crippen LogP contribution is 2.20. The van der Waals surface area contributed by atoms with Crippen LogP contribution in [0.3, 0.4) is 0 Å². The predicted molar refractivity (Wildman–Crippen MR) is 111 cm³/mol. The van der Waals surface area contributed by atoms with Crippen molar-refractivity contribution in [1.82, 2.24) is 15.1 Å². The lowest BCUT2D eigenvalue weighted by atomic mass is 9.95. The molecule has 1 N–H and O–H groups in total. The van der Waals surface area contributed by atoms with Gasteiger partial charge in [-0.2, -0.15) is 0 Å². The maximum Gasteiger partial charge on any atom is 0.253 e. The smallest absolute Gasteiger partial charge is 0.253 e. The van der Waals surface area contributed by atoms with E-state index in [4.69, 9.17) is 0 Å². The van der Waals surface area contributed by atoms with Gasteiger partial charge in [0, 0.05) is 50.8 Å². The summed E-state index contributed by atoms with van der Waals surface area (Å²) in [5.41, 5.74) is 1.89. The monoisotopic (exact) mass is 411 g/mol. The highest BCUT2D eigenvalue weighted by Gasteiger charge is 2.27. The maximum atomic E-state index is 13.0. The molecule has 158 valence electrons. The van der Waals surface area contributed by atoms with Gasteiger partial charge in [0.15, 0.2) is 0 Å². The van der Waals surface area contributed by atoms with E-state index in [2.05, 4.69) is 5.32 Å². The lowest BCUT2D eigenvalue weighted by Crippen LogP contribution is -2.42. The second-order valence-electron chi connectivity index (χ2n) is 7.69. The van der Waals surface area contributed by atoms with Gasteiger partial charge >= 0.3 is 0 Å². The van der Waals surface area contributed by atoms with Crippen molar-refractivity contribution in [2.24, 2.45) is 5.92 Å². The zero-order valence-corrected chi connectivity index (χ0v) is 17.2. The molecule has 3 rings (SSSR count). The number of nitrogens with one attached hydrogen (secondary N) is 1. The van der Waals surface area contributed by atoms with Crippen molar-refractivity contribution < 1.29 is 18.8 Å². The quantitative estimate of drug-likeness (QED) is 0.823. The van der Waals surface area contributed by atoms with Crippen LogP contribution in [0.15, 0.2) is 48.5 Å². The summed E-state index contributed by atoms with van der Waals surface area (Å²) in [7, 11) is 3.40. The van der Waals surface area contributed by atoms with E-state index in [9.17, 15) is 18.8 Å². The fourth-order valence-corrected chi connectivity index (χ4v) is 3.53. The number of rotatable bonds is 5. The van der Waals surface area contributed by atoms with Crippen LogP contribution >= 0.6 is 0 Å². The highest BCUT2D eigenvalue weighted by atomic mass is 19.1. The van der Waals surface area contributed by atoms with Gasteiger partial charge in [0.2, 0.25) is 5.91 Å². The average molecular weight is 411 g/mol. The lowest BCUT2D eigenvalue weighted by molar-refractivity contribution is -0.126. The van der Waals surface area contributed by atoms with Crippen molar-refractivity contribution in [2.45, 2.75) is 19.4 Å². The Hall–Kier alpha value is -3.22. The second kappa shape index (κ2) is 9.52. The molecule has 7 heteroatoms. The van der Waals surface area contributed by atoms with E-state index in [-0.39, 0.29) is 29.5 Å². The number of carbonyl (C=O) groups excluding carboxylic acids is 3. The second-order valence-corrected chi connectivity index (χ2v) is 7.69. The van der Waals surface area contributed by atoms with Crippen LogP contribution < -0.4 is 5.32 Å². The Morgan fingerprint density at radius 3 is 2.33 bits per heavy atom. The molecular weight excluding hydrogens is 385 g/mol. The molecule has 0 aliphatic carbocycles. The van der Waals surface area contributed by atoms with Crippen molar-refractivity contribution >= 4 is 17.7 Å².